The highest BCUT2D eigenvalue weighted by Crippen LogP contribution is 2.66. The molecule has 4 nitrogen and oxygen atoms in total. The summed E-state index contributed by atoms with van der Waals surface area (Å²) in [6, 6.07) is 9.97. The molecular formula is C28H38O4. The summed E-state index contributed by atoms with van der Waals surface area (Å²) in [5.74, 6) is 1.95. The molecule has 0 amide bonds. The Hall–Kier alpha value is -1.52. The Bertz CT molecular complexity index is 865. The molecule has 0 aromatic heterocycles. The molecule has 0 heterocycles. The van der Waals surface area contributed by atoms with E-state index in [4.69, 9.17) is 4.74 Å². The van der Waals surface area contributed by atoms with Crippen molar-refractivity contribution in [3.63, 3.8) is 0 Å². The number of hydrogen-bond acceptors (Lipinski definition) is 4. The van der Waals surface area contributed by atoms with Gasteiger partial charge in [0.05, 0.1) is 12.7 Å². The fourth-order valence-corrected chi connectivity index (χ4v) is 8.52. The maximum absolute atomic E-state index is 13.7. The third-order valence-electron chi connectivity index (χ3n) is 10.1. The van der Waals surface area contributed by atoms with Crippen molar-refractivity contribution in [2.45, 2.75) is 77.9 Å². The Morgan fingerprint density at radius 1 is 1.06 bits per heavy atom. The molecular weight excluding hydrogens is 400 g/mol. The second-order valence-corrected chi connectivity index (χ2v) is 11.7. The van der Waals surface area contributed by atoms with Crippen molar-refractivity contribution in [1.29, 1.82) is 0 Å². The topological polar surface area (TPSA) is 63.6 Å². The van der Waals surface area contributed by atoms with Crippen LogP contribution >= 0.6 is 0 Å². The molecule has 0 saturated heterocycles. The van der Waals surface area contributed by atoms with Gasteiger partial charge in [-0.3, -0.25) is 9.59 Å². The molecule has 4 fully saturated rings. The number of carbonyl (C=O) groups excluding carboxylic acids is 2. The van der Waals surface area contributed by atoms with Crippen LogP contribution in [0.3, 0.4) is 0 Å². The first-order chi connectivity index (χ1) is 15.3. The third-order valence-corrected chi connectivity index (χ3v) is 10.1. The van der Waals surface area contributed by atoms with E-state index in [9.17, 15) is 14.7 Å². The Labute approximate surface area is 192 Å². The van der Waals surface area contributed by atoms with Gasteiger partial charge >= 0.3 is 0 Å². The van der Waals surface area contributed by atoms with Gasteiger partial charge in [0.1, 0.15) is 12.4 Å². The minimum atomic E-state index is -0.219. The Morgan fingerprint density at radius 3 is 2.62 bits per heavy atom. The van der Waals surface area contributed by atoms with Crippen LogP contribution in [-0.4, -0.2) is 29.4 Å². The summed E-state index contributed by atoms with van der Waals surface area (Å²) < 4.78 is 5.79. The Morgan fingerprint density at radius 2 is 1.84 bits per heavy atom. The van der Waals surface area contributed by atoms with Crippen molar-refractivity contribution in [2.75, 3.05) is 6.61 Å². The van der Waals surface area contributed by atoms with E-state index in [1.165, 1.54) is 0 Å². The highest BCUT2D eigenvalue weighted by molar-refractivity contribution is 5.88. The van der Waals surface area contributed by atoms with Gasteiger partial charge in [-0.1, -0.05) is 44.2 Å². The average molecular weight is 439 g/mol. The Kier molecular flexibility index (Phi) is 5.82. The summed E-state index contributed by atoms with van der Waals surface area (Å²) in [5.41, 5.74) is 0.888. The predicted molar refractivity (Wildman–Crippen MR) is 123 cm³/mol. The zero-order chi connectivity index (χ0) is 22.5. The van der Waals surface area contributed by atoms with E-state index in [0.29, 0.717) is 36.6 Å². The minimum Gasteiger partial charge on any atom is -0.393 e. The molecule has 1 aromatic rings. The highest BCUT2D eigenvalue weighted by atomic mass is 16.5. The van der Waals surface area contributed by atoms with Crippen LogP contribution < -0.4 is 0 Å². The van der Waals surface area contributed by atoms with Crippen molar-refractivity contribution in [1.82, 2.24) is 0 Å². The van der Waals surface area contributed by atoms with E-state index in [-0.39, 0.29) is 41.2 Å². The molecule has 174 valence electrons. The second kappa shape index (κ2) is 8.36. The number of fused-ring (bicyclic) bond motifs is 5. The molecule has 0 unspecified atom stereocenters. The average Bonchev–Trinajstić information content (AvgIpc) is 3.11. The number of ketones is 2. The standard InChI is InChI=1S/C28H38O4/c1-27-13-12-20(29)14-19(27)8-9-21-22-10-11-23(28(22,2)15-24(30)26(21)27)25(31)17-32-16-18-6-4-3-5-7-18/h3-7,19-23,26,29H,8-17H2,1-2H3/t19-,20+,21-,22-,23+,26+,27-,28-/m0/s1. The number of benzene rings is 1. The third kappa shape index (κ3) is 3.58. The zero-order valence-electron chi connectivity index (χ0n) is 19.6. The summed E-state index contributed by atoms with van der Waals surface area (Å²) in [6.45, 7) is 5.14. The number of ether oxygens (including phenoxy) is 1. The highest BCUT2D eigenvalue weighted by Gasteiger charge is 2.63. The van der Waals surface area contributed by atoms with E-state index in [2.05, 4.69) is 13.8 Å². The molecule has 5 rings (SSSR count). The van der Waals surface area contributed by atoms with E-state index < -0.39 is 0 Å². The van der Waals surface area contributed by atoms with Crippen LogP contribution in [0.5, 0.6) is 0 Å². The van der Waals surface area contributed by atoms with Gasteiger partial charge in [0.2, 0.25) is 0 Å². The Balaban J connectivity index is 1.29. The molecule has 0 spiro atoms. The first-order valence-corrected chi connectivity index (χ1v) is 12.7. The molecule has 1 aromatic carbocycles. The number of Topliss-reactive ketones (excluding diaryl/α,β-unsaturated/α-hetero) is 2. The number of aliphatic hydroxyl groups is 1. The summed E-state index contributed by atoms with van der Waals surface area (Å²) >= 11 is 0. The van der Waals surface area contributed by atoms with Crippen molar-refractivity contribution in [3.8, 4) is 0 Å². The van der Waals surface area contributed by atoms with Crippen molar-refractivity contribution in [3.05, 3.63) is 35.9 Å². The van der Waals surface area contributed by atoms with Crippen molar-refractivity contribution < 1.29 is 19.4 Å². The number of carbonyl (C=O) groups is 2. The van der Waals surface area contributed by atoms with E-state index in [1.54, 1.807) is 0 Å². The van der Waals surface area contributed by atoms with Gasteiger partial charge in [0.25, 0.3) is 0 Å². The summed E-state index contributed by atoms with van der Waals surface area (Å²) in [7, 11) is 0. The number of rotatable bonds is 5. The smallest absolute Gasteiger partial charge is 0.162 e. The van der Waals surface area contributed by atoms with Gasteiger partial charge in [-0.2, -0.15) is 0 Å². The van der Waals surface area contributed by atoms with Crippen LogP contribution in [-0.2, 0) is 20.9 Å². The van der Waals surface area contributed by atoms with Crippen LogP contribution in [0, 0.1) is 40.4 Å². The molecule has 8 atom stereocenters. The molecule has 4 aliphatic carbocycles. The molecule has 32 heavy (non-hydrogen) atoms. The molecule has 4 aliphatic rings. The number of aliphatic hydroxyl groups excluding tert-OH is 1. The van der Waals surface area contributed by atoms with Crippen LogP contribution in [0.15, 0.2) is 30.3 Å². The normalized spacial score (nSPS) is 43.3. The molecule has 0 aliphatic heterocycles. The summed E-state index contributed by atoms with van der Waals surface area (Å²) in [6.07, 6.45) is 7.14. The minimum absolute atomic E-state index is 0.0292. The second-order valence-electron chi connectivity index (χ2n) is 11.7. The lowest BCUT2D eigenvalue weighted by Gasteiger charge is -2.59. The molecule has 0 bridgehead atoms. The molecule has 4 heteroatoms. The summed E-state index contributed by atoms with van der Waals surface area (Å²) in [4.78, 5) is 26.9. The van der Waals surface area contributed by atoms with Crippen molar-refractivity contribution >= 4 is 11.6 Å². The van der Waals surface area contributed by atoms with Crippen LogP contribution in [0.2, 0.25) is 0 Å². The maximum Gasteiger partial charge on any atom is 0.162 e. The first-order valence-electron chi connectivity index (χ1n) is 12.7. The molecule has 4 saturated carbocycles. The van der Waals surface area contributed by atoms with Crippen LogP contribution in [0.25, 0.3) is 0 Å². The van der Waals surface area contributed by atoms with E-state index in [0.717, 1.165) is 50.5 Å². The van der Waals surface area contributed by atoms with E-state index in [1.807, 2.05) is 30.3 Å². The fraction of sp³-hybridized carbons (Fsp3) is 0.714. The van der Waals surface area contributed by atoms with Crippen LogP contribution in [0.4, 0.5) is 0 Å². The fourth-order valence-electron chi connectivity index (χ4n) is 8.52. The number of hydrogen-bond donors (Lipinski definition) is 1. The SMILES string of the molecule is C[C@]12CC[C@@H](O)C[C@@H]1CC[C@H]1[C@@H]3CC[C@H](C(=O)COCc4ccccc4)[C@@]3(C)CC(=O)[C@@H]12. The van der Waals surface area contributed by atoms with Gasteiger partial charge in [-0.15, -0.1) is 0 Å². The van der Waals surface area contributed by atoms with Gasteiger partial charge in [-0.25, -0.2) is 0 Å². The predicted octanol–water partition coefficient (Wildman–Crippen LogP) is 4.97. The lowest BCUT2D eigenvalue weighted by molar-refractivity contribution is -0.163. The quantitative estimate of drug-likeness (QED) is 0.705. The van der Waals surface area contributed by atoms with E-state index >= 15 is 0 Å². The summed E-state index contributed by atoms with van der Waals surface area (Å²) in [5, 5.41) is 10.2. The maximum atomic E-state index is 13.7. The van der Waals surface area contributed by atoms with Gasteiger partial charge in [-0.05, 0) is 79.1 Å². The largest absolute Gasteiger partial charge is 0.393 e. The van der Waals surface area contributed by atoms with Gasteiger partial charge in [0, 0.05) is 18.3 Å². The van der Waals surface area contributed by atoms with Crippen molar-refractivity contribution in [2.24, 2.45) is 40.4 Å². The first kappa shape index (κ1) is 22.3. The van der Waals surface area contributed by atoms with Gasteiger partial charge < -0.3 is 9.84 Å². The van der Waals surface area contributed by atoms with Gasteiger partial charge in [0.15, 0.2) is 5.78 Å². The lowest BCUT2D eigenvalue weighted by atomic mass is 9.44. The monoisotopic (exact) mass is 438 g/mol. The van der Waals surface area contributed by atoms with Crippen LogP contribution in [0.1, 0.15) is 70.8 Å². The molecule has 0 radical (unpaired) electrons. The molecule has 1 N–H and O–H groups in total. The zero-order valence-corrected chi connectivity index (χ0v) is 19.6. The lowest BCUT2D eigenvalue weighted by Crippen LogP contribution is -2.58.